The topological polar surface area (TPSA) is 114 Å². The number of ether oxygens (including phenoxy) is 3. The Hall–Kier alpha value is -1.43. The van der Waals surface area contributed by atoms with Gasteiger partial charge in [0.2, 0.25) is 15.9 Å². The van der Waals surface area contributed by atoms with Gasteiger partial charge in [0.25, 0.3) is 0 Å². The Kier molecular flexibility index (Phi) is 9.71. The van der Waals surface area contributed by atoms with Gasteiger partial charge in [-0.15, -0.1) is 0 Å². The van der Waals surface area contributed by atoms with Crippen molar-refractivity contribution in [1.29, 1.82) is 0 Å². The van der Waals surface area contributed by atoms with Crippen molar-refractivity contribution in [1.82, 2.24) is 14.5 Å². The van der Waals surface area contributed by atoms with E-state index in [2.05, 4.69) is 4.72 Å². The molecule has 0 aromatic heterocycles. The van der Waals surface area contributed by atoms with E-state index in [9.17, 15) is 18.0 Å². The first-order chi connectivity index (χ1) is 11.9. The summed E-state index contributed by atoms with van der Waals surface area (Å²) in [4.78, 5) is 26.7. The van der Waals surface area contributed by atoms with Crippen molar-refractivity contribution in [3.05, 3.63) is 0 Å². The molecule has 1 aliphatic heterocycles. The molecular formula is C14H27N3O7S. The molecule has 0 aliphatic carbocycles. The van der Waals surface area contributed by atoms with E-state index in [0.29, 0.717) is 46.0 Å². The molecule has 0 saturated carbocycles. The summed E-state index contributed by atoms with van der Waals surface area (Å²) < 4.78 is 40.7. The van der Waals surface area contributed by atoms with Gasteiger partial charge in [-0.05, 0) is 6.92 Å². The Balaban J connectivity index is 2.27. The van der Waals surface area contributed by atoms with Gasteiger partial charge in [0.15, 0.2) is 0 Å². The van der Waals surface area contributed by atoms with Gasteiger partial charge in [0.05, 0.1) is 38.7 Å². The number of piperazine rings is 1. The number of hydrogen-bond acceptors (Lipinski definition) is 7. The van der Waals surface area contributed by atoms with Crippen LogP contribution in [0.3, 0.4) is 0 Å². The molecule has 1 N–H and O–H groups in total. The van der Waals surface area contributed by atoms with Crippen molar-refractivity contribution in [2.75, 3.05) is 72.0 Å². The molecule has 10 nitrogen and oxygen atoms in total. The van der Waals surface area contributed by atoms with E-state index in [1.807, 2.05) is 0 Å². The zero-order valence-electron chi connectivity index (χ0n) is 14.7. The average molecular weight is 381 g/mol. The SMILES string of the molecule is CCOC(=O)N1CCN(C(=O)CNS(=O)(=O)CCOCCOC)CC1. The Bertz CT molecular complexity index is 519. The van der Waals surface area contributed by atoms with Crippen LogP contribution in [-0.4, -0.2) is 102 Å². The van der Waals surface area contributed by atoms with Crippen LogP contribution >= 0.6 is 0 Å². The number of methoxy groups -OCH3 is 1. The van der Waals surface area contributed by atoms with Gasteiger partial charge in [-0.3, -0.25) is 4.79 Å². The first-order valence-electron chi connectivity index (χ1n) is 8.13. The third-order valence-corrected chi connectivity index (χ3v) is 4.82. The van der Waals surface area contributed by atoms with E-state index in [1.165, 1.54) is 16.9 Å². The normalized spacial score (nSPS) is 15.3. The van der Waals surface area contributed by atoms with Crippen LogP contribution < -0.4 is 4.72 Å². The molecule has 0 bridgehead atoms. The maximum absolute atomic E-state index is 12.1. The van der Waals surface area contributed by atoms with E-state index in [-0.39, 0.29) is 24.8 Å². The Morgan fingerprint density at radius 3 is 2.28 bits per heavy atom. The van der Waals surface area contributed by atoms with Crippen molar-refractivity contribution in [3.8, 4) is 0 Å². The number of sulfonamides is 1. The summed E-state index contributed by atoms with van der Waals surface area (Å²) in [5, 5.41) is 0. The van der Waals surface area contributed by atoms with Crippen molar-refractivity contribution in [2.45, 2.75) is 6.92 Å². The molecule has 146 valence electrons. The van der Waals surface area contributed by atoms with E-state index < -0.39 is 16.1 Å². The molecule has 1 fully saturated rings. The van der Waals surface area contributed by atoms with E-state index in [0.717, 1.165) is 0 Å². The van der Waals surface area contributed by atoms with Gasteiger partial charge in [-0.25, -0.2) is 17.9 Å². The molecule has 0 atom stereocenters. The molecular weight excluding hydrogens is 354 g/mol. The van der Waals surface area contributed by atoms with E-state index in [1.54, 1.807) is 6.92 Å². The predicted molar refractivity (Wildman–Crippen MR) is 89.7 cm³/mol. The second kappa shape index (κ2) is 11.2. The van der Waals surface area contributed by atoms with Gasteiger partial charge in [0, 0.05) is 33.3 Å². The number of rotatable bonds is 10. The molecule has 1 heterocycles. The van der Waals surface area contributed by atoms with Gasteiger partial charge >= 0.3 is 6.09 Å². The third-order valence-electron chi connectivity index (χ3n) is 3.53. The highest BCUT2D eigenvalue weighted by atomic mass is 32.2. The maximum atomic E-state index is 12.1. The maximum Gasteiger partial charge on any atom is 0.409 e. The van der Waals surface area contributed by atoms with Gasteiger partial charge in [-0.2, -0.15) is 0 Å². The summed E-state index contributed by atoms with van der Waals surface area (Å²) >= 11 is 0. The summed E-state index contributed by atoms with van der Waals surface area (Å²) in [6, 6.07) is 0. The molecule has 0 radical (unpaired) electrons. The Morgan fingerprint density at radius 1 is 1.04 bits per heavy atom. The highest BCUT2D eigenvalue weighted by molar-refractivity contribution is 7.89. The monoisotopic (exact) mass is 381 g/mol. The van der Waals surface area contributed by atoms with Crippen LogP contribution in [0.1, 0.15) is 6.92 Å². The molecule has 0 aromatic rings. The van der Waals surface area contributed by atoms with Crippen LogP contribution in [0.2, 0.25) is 0 Å². The molecule has 11 heteroatoms. The Labute approximate surface area is 148 Å². The molecule has 1 saturated heterocycles. The summed E-state index contributed by atoms with van der Waals surface area (Å²) in [7, 11) is -2.05. The average Bonchev–Trinajstić information content (AvgIpc) is 2.60. The number of hydrogen-bond donors (Lipinski definition) is 1. The summed E-state index contributed by atoms with van der Waals surface area (Å²) in [6.07, 6.45) is -0.399. The quantitative estimate of drug-likeness (QED) is 0.476. The molecule has 0 unspecified atom stereocenters. The summed E-state index contributed by atoms with van der Waals surface area (Å²) in [5.41, 5.74) is 0. The number of amides is 2. The van der Waals surface area contributed by atoms with Crippen LogP contribution in [0.25, 0.3) is 0 Å². The second-order valence-electron chi connectivity index (χ2n) is 5.31. The summed E-state index contributed by atoms with van der Waals surface area (Å²) in [6.45, 7) is 3.89. The number of carbonyl (C=O) groups excluding carboxylic acids is 2. The first-order valence-corrected chi connectivity index (χ1v) is 9.78. The highest BCUT2D eigenvalue weighted by Crippen LogP contribution is 2.04. The van der Waals surface area contributed by atoms with E-state index in [4.69, 9.17) is 14.2 Å². The van der Waals surface area contributed by atoms with Crippen LogP contribution in [0.5, 0.6) is 0 Å². The highest BCUT2D eigenvalue weighted by Gasteiger charge is 2.25. The second-order valence-corrected chi connectivity index (χ2v) is 7.24. The van der Waals surface area contributed by atoms with E-state index >= 15 is 0 Å². The van der Waals surface area contributed by atoms with Crippen molar-refractivity contribution in [2.24, 2.45) is 0 Å². The number of nitrogens with zero attached hydrogens (tertiary/aromatic N) is 2. The minimum atomic E-state index is -3.58. The van der Waals surface area contributed by atoms with Crippen molar-refractivity contribution in [3.63, 3.8) is 0 Å². The predicted octanol–water partition coefficient (Wildman–Crippen LogP) is -1.13. The largest absolute Gasteiger partial charge is 0.450 e. The lowest BCUT2D eigenvalue weighted by Gasteiger charge is -2.34. The molecule has 1 aliphatic rings. The molecule has 1 rings (SSSR count). The summed E-state index contributed by atoms with van der Waals surface area (Å²) in [5.74, 6) is -0.548. The molecule has 25 heavy (non-hydrogen) atoms. The van der Waals surface area contributed by atoms with Crippen LogP contribution in [0.4, 0.5) is 4.79 Å². The minimum Gasteiger partial charge on any atom is -0.450 e. The van der Waals surface area contributed by atoms with Gasteiger partial charge < -0.3 is 24.0 Å². The van der Waals surface area contributed by atoms with Gasteiger partial charge in [0.1, 0.15) is 0 Å². The standard InChI is InChI=1S/C14H27N3O7S/c1-3-24-14(19)17-6-4-16(5-7-17)13(18)12-15-25(20,21)11-10-23-9-8-22-2/h15H,3-12H2,1-2H3. The zero-order chi connectivity index (χ0) is 18.7. The number of carbonyl (C=O) groups is 2. The number of nitrogens with one attached hydrogen (secondary N) is 1. The zero-order valence-corrected chi connectivity index (χ0v) is 15.5. The fraction of sp³-hybridized carbons (Fsp3) is 0.857. The fourth-order valence-electron chi connectivity index (χ4n) is 2.12. The molecule has 0 spiro atoms. The van der Waals surface area contributed by atoms with Crippen LogP contribution in [-0.2, 0) is 29.0 Å². The molecule has 0 aromatic carbocycles. The van der Waals surface area contributed by atoms with Crippen LogP contribution in [0.15, 0.2) is 0 Å². The lowest BCUT2D eigenvalue weighted by molar-refractivity contribution is -0.131. The molecule has 2 amide bonds. The lowest BCUT2D eigenvalue weighted by atomic mass is 10.3. The first kappa shape index (κ1) is 21.6. The lowest BCUT2D eigenvalue weighted by Crippen LogP contribution is -2.52. The smallest absolute Gasteiger partial charge is 0.409 e. The fourth-order valence-corrected chi connectivity index (χ4v) is 2.95. The minimum absolute atomic E-state index is 0.0328. The van der Waals surface area contributed by atoms with Crippen molar-refractivity contribution >= 4 is 22.0 Å². The van der Waals surface area contributed by atoms with Gasteiger partial charge in [-0.1, -0.05) is 0 Å². The van der Waals surface area contributed by atoms with Crippen molar-refractivity contribution < 1.29 is 32.2 Å². The van der Waals surface area contributed by atoms with Crippen LogP contribution in [0, 0.1) is 0 Å². The third kappa shape index (κ3) is 8.47. The Morgan fingerprint density at radius 2 is 1.68 bits per heavy atom.